The molecule has 0 aliphatic heterocycles. The lowest BCUT2D eigenvalue weighted by Gasteiger charge is -2.15. The minimum absolute atomic E-state index is 0.0285. The Bertz CT molecular complexity index is 1110. The maximum absolute atomic E-state index is 12.9. The van der Waals surface area contributed by atoms with Gasteiger partial charge in [-0.1, -0.05) is 24.3 Å². The van der Waals surface area contributed by atoms with E-state index in [9.17, 15) is 18.0 Å². The number of hydrogen-bond donors (Lipinski definition) is 4. The molecular formula is C23H21F3N4O. The zero-order valence-electron chi connectivity index (χ0n) is 16.7. The van der Waals surface area contributed by atoms with E-state index in [-0.39, 0.29) is 17.2 Å². The molecule has 5 nitrogen and oxygen atoms in total. The topological polar surface area (TPSA) is 91.0 Å². The molecule has 1 amide bonds. The van der Waals surface area contributed by atoms with Crippen LogP contribution in [0.25, 0.3) is 0 Å². The van der Waals surface area contributed by atoms with Gasteiger partial charge in [-0.25, -0.2) is 0 Å². The van der Waals surface area contributed by atoms with Crippen LogP contribution in [0.2, 0.25) is 0 Å². The summed E-state index contributed by atoms with van der Waals surface area (Å²) in [5, 5.41) is 13.6. The maximum Gasteiger partial charge on any atom is 0.416 e. The number of carbonyl (C=O) groups excluding carboxylic acids is 1. The van der Waals surface area contributed by atoms with Gasteiger partial charge in [0.05, 0.1) is 16.9 Å². The minimum atomic E-state index is -4.47. The lowest BCUT2D eigenvalue weighted by atomic mass is 10.0. The van der Waals surface area contributed by atoms with Gasteiger partial charge in [0.25, 0.3) is 5.91 Å². The van der Waals surface area contributed by atoms with Crippen LogP contribution in [0.15, 0.2) is 66.7 Å². The molecule has 0 saturated carbocycles. The first-order chi connectivity index (χ1) is 14.6. The molecule has 31 heavy (non-hydrogen) atoms. The number of benzene rings is 3. The number of para-hydroxylation sites is 2. The molecule has 0 heterocycles. The van der Waals surface area contributed by atoms with Gasteiger partial charge in [0.1, 0.15) is 0 Å². The van der Waals surface area contributed by atoms with E-state index in [0.717, 1.165) is 17.7 Å². The van der Waals surface area contributed by atoms with Crippen LogP contribution in [0.5, 0.6) is 0 Å². The van der Waals surface area contributed by atoms with Crippen LogP contribution in [0, 0.1) is 5.41 Å². The van der Waals surface area contributed by atoms with Gasteiger partial charge in [-0.2, -0.15) is 13.2 Å². The second-order valence-corrected chi connectivity index (χ2v) is 6.97. The number of hydrogen-bond acceptors (Lipinski definition) is 4. The van der Waals surface area contributed by atoms with Crippen LogP contribution in [0.1, 0.15) is 34.0 Å². The van der Waals surface area contributed by atoms with Crippen LogP contribution in [-0.4, -0.2) is 11.6 Å². The second kappa shape index (κ2) is 8.91. The number of nitrogens with two attached hydrogens (primary N) is 1. The normalized spacial score (nSPS) is 11.1. The van der Waals surface area contributed by atoms with Gasteiger partial charge in [0.2, 0.25) is 0 Å². The summed E-state index contributed by atoms with van der Waals surface area (Å²) in [6, 6.07) is 17.0. The van der Waals surface area contributed by atoms with Gasteiger partial charge in [-0.05, 0) is 55.0 Å². The molecule has 0 aromatic heterocycles. The quantitative estimate of drug-likeness (QED) is 0.308. The molecule has 160 valence electrons. The molecule has 3 aromatic carbocycles. The molecule has 3 rings (SSSR count). The van der Waals surface area contributed by atoms with Crippen LogP contribution >= 0.6 is 0 Å². The highest BCUT2D eigenvalue weighted by Gasteiger charge is 2.31. The summed E-state index contributed by atoms with van der Waals surface area (Å²) in [6.45, 7) is 1.76. The SMILES string of the molecule is CC(=N)c1cc(C(F)(F)F)ccc1NCc1ccc(C(=O)Nc2ccccc2N)cc1. The molecule has 8 heteroatoms. The molecule has 5 N–H and O–H groups in total. The summed E-state index contributed by atoms with van der Waals surface area (Å²) in [7, 11) is 0. The van der Waals surface area contributed by atoms with E-state index in [0.29, 0.717) is 29.2 Å². The average Bonchev–Trinajstić information content (AvgIpc) is 2.73. The summed E-state index contributed by atoms with van der Waals surface area (Å²) < 4.78 is 38.8. The van der Waals surface area contributed by atoms with E-state index in [1.807, 2.05) is 0 Å². The van der Waals surface area contributed by atoms with Crippen molar-refractivity contribution in [3.8, 4) is 0 Å². The van der Waals surface area contributed by atoms with E-state index >= 15 is 0 Å². The highest BCUT2D eigenvalue weighted by Crippen LogP contribution is 2.32. The molecule has 0 unspecified atom stereocenters. The van der Waals surface area contributed by atoms with Gasteiger partial charge in [-0.15, -0.1) is 0 Å². The van der Waals surface area contributed by atoms with Gasteiger partial charge in [-0.3, -0.25) is 4.79 Å². The van der Waals surface area contributed by atoms with Crippen LogP contribution < -0.4 is 16.4 Å². The number of nitrogen functional groups attached to an aromatic ring is 1. The predicted octanol–water partition coefficient (Wildman–Crippen LogP) is 5.54. The third-order valence-electron chi connectivity index (χ3n) is 4.66. The summed E-state index contributed by atoms with van der Waals surface area (Å²) in [4.78, 5) is 12.4. The third kappa shape index (κ3) is 5.42. The summed E-state index contributed by atoms with van der Waals surface area (Å²) in [6.07, 6.45) is -4.47. The van der Waals surface area contributed by atoms with Crippen molar-refractivity contribution in [3.05, 3.63) is 89.0 Å². The number of rotatable bonds is 6. The van der Waals surface area contributed by atoms with Gasteiger partial charge in [0, 0.05) is 29.1 Å². The molecule has 0 bridgehead atoms. The molecule has 0 radical (unpaired) electrons. The van der Waals surface area contributed by atoms with Gasteiger partial charge < -0.3 is 21.8 Å². The first kappa shape index (κ1) is 21.9. The van der Waals surface area contributed by atoms with Crippen LogP contribution in [0.4, 0.5) is 30.2 Å². The Morgan fingerprint density at radius 3 is 2.29 bits per heavy atom. The van der Waals surface area contributed by atoms with Crippen molar-refractivity contribution >= 4 is 28.7 Å². The van der Waals surface area contributed by atoms with E-state index in [2.05, 4.69) is 10.6 Å². The zero-order chi connectivity index (χ0) is 22.6. The number of amides is 1. The van der Waals surface area contributed by atoms with Crippen LogP contribution in [0.3, 0.4) is 0 Å². The van der Waals surface area contributed by atoms with E-state index in [4.69, 9.17) is 11.1 Å². The number of anilines is 3. The second-order valence-electron chi connectivity index (χ2n) is 6.97. The lowest BCUT2D eigenvalue weighted by molar-refractivity contribution is -0.137. The number of carbonyl (C=O) groups is 1. The van der Waals surface area contributed by atoms with Crippen LogP contribution in [-0.2, 0) is 12.7 Å². The molecule has 0 aliphatic carbocycles. The third-order valence-corrected chi connectivity index (χ3v) is 4.66. The van der Waals surface area contributed by atoms with E-state index in [1.54, 1.807) is 48.5 Å². The summed E-state index contributed by atoms with van der Waals surface area (Å²) in [5.41, 5.74) is 7.93. The standard InChI is InChI=1S/C23H21F3N4O/c1-14(27)18-12-17(23(24,25)26)10-11-20(18)29-13-15-6-8-16(9-7-15)22(31)30-21-5-3-2-4-19(21)28/h2-12,27,29H,13,28H2,1H3,(H,30,31). The van der Waals surface area contributed by atoms with Crippen molar-refractivity contribution < 1.29 is 18.0 Å². The molecule has 0 atom stereocenters. The molecule has 0 saturated heterocycles. The Morgan fingerprint density at radius 2 is 1.68 bits per heavy atom. The van der Waals surface area contributed by atoms with Crippen molar-refractivity contribution in [3.63, 3.8) is 0 Å². The monoisotopic (exact) mass is 426 g/mol. The Labute approximate surface area is 177 Å². The summed E-state index contributed by atoms with van der Waals surface area (Å²) in [5.74, 6) is -0.304. The molecule has 0 aliphatic rings. The average molecular weight is 426 g/mol. The highest BCUT2D eigenvalue weighted by molar-refractivity contribution is 6.05. The highest BCUT2D eigenvalue weighted by atomic mass is 19.4. The first-order valence-electron chi connectivity index (χ1n) is 9.40. The number of alkyl halides is 3. The molecule has 3 aromatic rings. The molecule has 0 spiro atoms. The fourth-order valence-electron chi connectivity index (χ4n) is 2.96. The Morgan fingerprint density at radius 1 is 1.00 bits per heavy atom. The molecular weight excluding hydrogens is 405 g/mol. The smallest absolute Gasteiger partial charge is 0.397 e. The van der Waals surface area contributed by atoms with Crippen molar-refractivity contribution in [1.82, 2.24) is 0 Å². The van der Waals surface area contributed by atoms with Gasteiger partial charge >= 0.3 is 6.18 Å². The maximum atomic E-state index is 12.9. The minimum Gasteiger partial charge on any atom is -0.397 e. The van der Waals surface area contributed by atoms with Gasteiger partial charge in [0.15, 0.2) is 0 Å². The Kier molecular flexibility index (Phi) is 6.29. The van der Waals surface area contributed by atoms with E-state index < -0.39 is 11.7 Å². The van der Waals surface area contributed by atoms with Crippen molar-refractivity contribution in [2.24, 2.45) is 0 Å². The number of nitrogens with one attached hydrogen (secondary N) is 3. The Hall–Kier alpha value is -3.81. The zero-order valence-corrected chi connectivity index (χ0v) is 16.7. The lowest BCUT2D eigenvalue weighted by Crippen LogP contribution is -2.13. The van der Waals surface area contributed by atoms with Crippen molar-refractivity contribution in [2.75, 3.05) is 16.4 Å². The van der Waals surface area contributed by atoms with E-state index in [1.165, 1.54) is 13.0 Å². The fraction of sp³-hybridized carbons (Fsp3) is 0.130. The summed E-state index contributed by atoms with van der Waals surface area (Å²) >= 11 is 0. The largest absolute Gasteiger partial charge is 0.416 e. The van der Waals surface area contributed by atoms with Crippen molar-refractivity contribution in [1.29, 1.82) is 5.41 Å². The fourth-order valence-corrected chi connectivity index (χ4v) is 2.96. The predicted molar refractivity (Wildman–Crippen MR) is 117 cm³/mol. The number of halogens is 3. The first-order valence-corrected chi connectivity index (χ1v) is 9.40. The Balaban J connectivity index is 1.69. The molecule has 0 fully saturated rings. The van der Waals surface area contributed by atoms with Crippen molar-refractivity contribution in [2.45, 2.75) is 19.6 Å².